The molecule has 2 N–H and O–H groups in total. The number of aromatic nitrogens is 2. The minimum absolute atomic E-state index is 0.0237. The fraction of sp³-hybridized carbons (Fsp3) is 0.0476. The van der Waals surface area contributed by atoms with Crippen LogP contribution in [0.2, 0.25) is 5.02 Å². The maximum atomic E-state index is 13.0. The fourth-order valence-corrected chi connectivity index (χ4v) is 5.68. The molecule has 3 aromatic carbocycles. The van der Waals surface area contributed by atoms with E-state index in [1.54, 1.807) is 43.3 Å². The fourth-order valence-electron chi connectivity index (χ4n) is 3.08. The Morgan fingerprint density at radius 1 is 0.812 bits per heavy atom. The second-order valence-corrected chi connectivity index (χ2v) is 10.6. The summed E-state index contributed by atoms with van der Waals surface area (Å²) < 4.78 is 55.9. The van der Waals surface area contributed by atoms with E-state index < -0.39 is 20.0 Å². The molecular formula is C21H17ClN4O4S2. The molecule has 0 amide bonds. The molecule has 0 bridgehead atoms. The summed E-state index contributed by atoms with van der Waals surface area (Å²) in [6, 6.07) is 16.9. The average Bonchev–Trinajstić information content (AvgIpc) is 2.73. The summed E-state index contributed by atoms with van der Waals surface area (Å²) in [5.41, 5.74) is 0.802. The monoisotopic (exact) mass is 488 g/mol. The van der Waals surface area contributed by atoms with Crippen LogP contribution >= 0.6 is 11.6 Å². The van der Waals surface area contributed by atoms with Gasteiger partial charge >= 0.3 is 0 Å². The molecule has 0 radical (unpaired) electrons. The number of aryl methyl sites for hydroxylation is 1. The molecule has 4 rings (SSSR count). The molecule has 0 atom stereocenters. The Balaban J connectivity index is 1.60. The highest BCUT2D eigenvalue weighted by atomic mass is 35.5. The molecule has 11 heteroatoms. The summed E-state index contributed by atoms with van der Waals surface area (Å²) in [6.07, 6.45) is 1.44. The highest BCUT2D eigenvalue weighted by Crippen LogP contribution is 2.31. The van der Waals surface area contributed by atoms with Crippen LogP contribution in [0.4, 0.5) is 11.6 Å². The Morgan fingerprint density at radius 3 is 2.19 bits per heavy atom. The lowest BCUT2D eigenvalue weighted by Gasteiger charge is -2.12. The molecule has 0 spiro atoms. The van der Waals surface area contributed by atoms with Gasteiger partial charge in [-0.3, -0.25) is 4.72 Å². The number of sulfonamides is 2. The van der Waals surface area contributed by atoms with Crippen molar-refractivity contribution in [2.45, 2.75) is 16.7 Å². The van der Waals surface area contributed by atoms with Gasteiger partial charge in [0.25, 0.3) is 20.0 Å². The van der Waals surface area contributed by atoms with Crippen molar-refractivity contribution in [1.29, 1.82) is 0 Å². The van der Waals surface area contributed by atoms with E-state index in [0.717, 1.165) is 0 Å². The number of halogens is 1. The summed E-state index contributed by atoms with van der Waals surface area (Å²) in [6.45, 7) is 1.71. The molecule has 0 aliphatic carbocycles. The first-order valence-electron chi connectivity index (χ1n) is 9.28. The van der Waals surface area contributed by atoms with Crippen LogP contribution < -0.4 is 9.44 Å². The van der Waals surface area contributed by atoms with Crippen LogP contribution in [-0.2, 0) is 20.0 Å². The summed E-state index contributed by atoms with van der Waals surface area (Å²) >= 11 is 6.24. The van der Waals surface area contributed by atoms with Gasteiger partial charge < -0.3 is 0 Å². The van der Waals surface area contributed by atoms with Gasteiger partial charge in [-0.15, -0.1) is 0 Å². The number of nitrogens with one attached hydrogen (secondary N) is 2. The molecule has 0 aliphatic heterocycles. The Bertz CT molecular complexity index is 1520. The van der Waals surface area contributed by atoms with Gasteiger partial charge in [-0.2, -0.15) is 0 Å². The van der Waals surface area contributed by atoms with Crippen molar-refractivity contribution >= 4 is 54.1 Å². The van der Waals surface area contributed by atoms with Gasteiger partial charge in [0.2, 0.25) is 5.95 Å². The van der Waals surface area contributed by atoms with Gasteiger partial charge in [0.05, 0.1) is 9.79 Å². The first-order chi connectivity index (χ1) is 15.2. The Labute approximate surface area is 190 Å². The number of fused-ring (bicyclic) bond motifs is 1. The molecule has 4 aromatic rings. The second-order valence-electron chi connectivity index (χ2n) is 6.85. The predicted octanol–water partition coefficient (Wildman–Crippen LogP) is 4.19. The van der Waals surface area contributed by atoms with Crippen molar-refractivity contribution < 1.29 is 16.8 Å². The first-order valence-corrected chi connectivity index (χ1v) is 12.6. The molecule has 164 valence electrons. The topological polar surface area (TPSA) is 118 Å². The molecule has 1 heterocycles. The maximum absolute atomic E-state index is 13.0. The van der Waals surface area contributed by atoms with Crippen molar-refractivity contribution in [3.63, 3.8) is 0 Å². The number of benzene rings is 3. The van der Waals surface area contributed by atoms with Crippen LogP contribution in [0.3, 0.4) is 0 Å². The van der Waals surface area contributed by atoms with Gasteiger partial charge in [-0.25, -0.2) is 31.5 Å². The van der Waals surface area contributed by atoms with Crippen LogP contribution in [0, 0.1) is 6.92 Å². The van der Waals surface area contributed by atoms with E-state index in [9.17, 15) is 16.8 Å². The van der Waals surface area contributed by atoms with E-state index in [0.29, 0.717) is 21.5 Å². The van der Waals surface area contributed by atoms with Crippen molar-refractivity contribution in [3.8, 4) is 0 Å². The molecule has 0 fully saturated rings. The largest absolute Gasteiger partial charge is 0.280 e. The lowest BCUT2D eigenvalue weighted by molar-refractivity contribution is 0.600. The maximum Gasteiger partial charge on any atom is 0.264 e. The highest BCUT2D eigenvalue weighted by Gasteiger charge is 2.20. The molecule has 1 aromatic heterocycles. The predicted molar refractivity (Wildman–Crippen MR) is 124 cm³/mol. The van der Waals surface area contributed by atoms with Crippen molar-refractivity contribution in [1.82, 2.24) is 9.97 Å². The van der Waals surface area contributed by atoms with Crippen LogP contribution in [-0.4, -0.2) is 26.8 Å². The van der Waals surface area contributed by atoms with E-state index in [4.69, 9.17) is 11.6 Å². The van der Waals surface area contributed by atoms with Crippen LogP contribution in [0.25, 0.3) is 10.8 Å². The Kier molecular flexibility index (Phi) is 5.76. The normalized spacial score (nSPS) is 11.9. The van der Waals surface area contributed by atoms with Gasteiger partial charge in [0.1, 0.15) is 0 Å². The molecule has 0 saturated heterocycles. The lowest BCUT2D eigenvalue weighted by atomic mass is 10.1. The van der Waals surface area contributed by atoms with Crippen molar-refractivity contribution in [2.24, 2.45) is 0 Å². The van der Waals surface area contributed by atoms with E-state index >= 15 is 0 Å². The summed E-state index contributed by atoms with van der Waals surface area (Å²) in [4.78, 5) is 7.84. The molecule has 0 aliphatic rings. The number of rotatable bonds is 6. The van der Waals surface area contributed by atoms with Crippen LogP contribution in [0.5, 0.6) is 0 Å². The molecule has 32 heavy (non-hydrogen) atoms. The summed E-state index contributed by atoms with van der Waals surface area (Å²) in [7, 11) is -7.93. The second kappa shape index (κ2) is 8.38. The van der Waals surface area contributed by atoms with Gasteiger partial charge in [-0.05, 0) is 54.8 Å². The number of hydrogen-bond donors (Lipinski definition) is 2. The number of nitrogens with zero attached hydrogens (tertiary/aromatic N) is 2. The quantitative estimate of drug-likeness (QED) is 0.420. The highest BCUT2D eigenvalue weighted by molar-refractivity contribution is 7.93. The average molecular weight is 489 g/mol. The van der Waals surface area contributed by atoms with E-state index in [1.807, 2.05) is 0 Å². The third-order valence-electron chi connectivity index (χ3n) is 4.54. The van der Waals surface area contributed by atoms with Gasteiger partial charge in [0.15, 0.2) is 0 Å². The minimum atomic E-state index is -3.98. The van der Waals surface area contributed by atoms with Crippen LogP contribution in [0.15, 0.2) is 82.7 Å². The third-order valence-corrected chi connectivity index (χ3v) is 7.63. The standard InChI is InChI=1S/C21H17ClN4O4S2/c1-14-12-13-23-21(24-14)26-31(27,28)17-10-8-16(9-11-17)25-32(29,30)19-7-3-5-15-4-2-6-18(22)20(15)19/h2-13,25H,1H3,(H,23,24,26). The van der Waals surface area contributed by atoms with Crippen molar-refractivity contribution in [3.05, 3.63) is 83.6 Å². The summed E-state index contributed by atoms with van der Waals surface area (Å²) in [5, 5.41) is 1.41. The Hall–Kier alpha value is -3.21. The van der Waals surface area contributed by atoms with E-state index in [-0.39, 0.29) is 21.4 Å². The lowest BCUT2D eigenvalue weighted by Crippen LogP contribution is -2.16. The first kappa shape index (κ1) is 22.0. The van der Waals surface area contributed by atoms with Crippen molar-refractivity contribution in [2.75, 3.05) is 9.44 Å². The smallest absolute Gasteiger partial charge is 0.264 e. The molecule has 0 unspecified atom stereocenters. The number of anilines is 2. The van der Waals surface area contributed by atoms with Crippen LogP contribution in [0.1, 0.15) is 5.69 Å². The van der Waals surface area contributed by atoms with Gasteiger partial charge in [0, 0.05) is 28.0 Å². The number of hydrogen-bond acceptors (Lipinski definition) is 6. The minimum Gasteiger partial charge on any atom is -0.280 e. The van der Waals surface area contributed by atoms with E-state index in [1.165, 1.54) is 36.5 Å². The molecule has 8 nitrogen and oxygen atoms in total. The summed E-state index contributed by atoms with van der Waals surface area (Å²) in [5.74, 6) is -0.0531. The zero-order valence-corrected chi connectivity index (χ0v) is 19.0. The SMILES string of the molecule is Cc1ccnc(NS(=O)(=O)c2ccc(NS(=O)(=O)c3cccc4cccc(Cl)c34)cc2)n1. The van der Waals surface area contributed by atoms with Gasteiger partial charge in [-0.1, -0.05) is 35.9 Å². The zero-order valence-electron chi connectivity index (χ0n) is 16.7. The Morgan fingerprint density at radius 2 is 1.50 bits per heavy atom. The van der Waals surface area contributed by atoms with E-state index in [2.05, 4.69) is 19.4 Å². The molecule has 0 saturated carbocycles. The molecular weight excluding hydrogens is 472 g/mol. The zero-order chi connectivity index (χ0) is 22.9. The third kappa shape index (κ3) is 4.52.